The standard InChI is InChI=1S/C11H17Br2NO3S2/c1-11(2,3)8(4-5-15)14-19(16,17)7-6-9(12)18-10(7)13/h6,8,14-15H,4-5H2,1-3H3. The largest absolute Gasteiger partial charge is 0.396 e. The van der Waals surface area contributed by atoms with E-state index in [1.54, 1.807) is 6.07 Å². The van der Waals surface area contributed by atoms with E-state index in [1.165, 1.54) is 11.3 Å². The molecule has 1 aromatic heterocycles. The maximum atomic E-state index is 12.4. The number of nitrogens with one attached hydrogen (secondary N) is 1. The molecule has 0 aromatic carbocycles. The molecule has 0 spiro atoms. The van der Waals surface area contributed by atoms with Crippen molar-refractivity contribution >= 4 is 53.2 Å². The van der Waals surface area contributed by atoms with Gasteiger partial charge in [-0.05, 0) is 49.8 Å². The average molecular weight is 435 g/mol. The third kappa shape index (κ3) is 4.78. The van der Waals surface area contributed by atoms with E-state index in [2.05, 4.69) is 36.6 Å². The molecule has 0 fully saturated rings. The molecule has 0 aliphatic rings. The maximum absolute atomic E-state index is 12.4. The molecule has 0 bridgehead atoms. The second-order valence-electron chi connectivity index (χ2n) is 5.24. The number of hydrogen-bond acceptors (Lipinski definition) is 4. The van der Waals surface area contributed by atoms with Crippen molar-refractivity contribution in [3.8, 4) is 0 Å². The first-order chi connectivity index (χ1) is 8.58. The van der Waals surface area contributed by atoms with Crippen molar-refractivity contribution in [2.45, 2.75) is 38.1 Å². The van der Waals surface area contributed by atoms with Gasteiger partial charge in [0, 0.05) is 12.6 Å². The zero-order chi connectivity index (χ0) is 14.8. The lowest BCUT2D eigenvalue weighted by atomic mass is 9.86. The highest BCUT2D eigenvalue weighted by molar-refractivity contribution is 9.12. The van der Waals surface area contributed by atoms with E-state index < -0.39 is 10.0 Å². The quantitative estimate of drug-likeness (QED) is 0.746. The summed E-state index contributed by atoms with van der Waals surface area (Å²) >= 11 is 7.83. The van der Waals surface area contributed by atoms with Gasteiger partial charge in [0.1, 0.15) is 4.90 Å². The third-order valence-corrected chi connectivity index (χ3v) is 6.90. The summed E-state index contributed by atoms with van der Waals surface area (Å²) in [5.74, 6) is 0. The van der Waals surface area contributed by atoms with Crippen LogP contribution in [0, 0.1) is 5.41 Å². The Hall–Kier alpha value is 0.530. The fourth-order valence-electron chi connectivity index (χ4n) is 1.56. The summed E-state index contributed by atoms with van der Waals surface area (Å²) in [6.45, 7) is 5.76. The minimum Gasteiger partial charge on any atom is -0.396 e. The normalized spacial score (nSPS) is 14.6. The Labute approximate surface area is 134 Å². The van der Waals surface area contributed by atoms with Gasteiger partial charge in [-0.1, -0.05) is 20.8 Å². The zero-order valence-electron chi connectivity index (χ0n) is 10.9. The molecule has 0 aliphatic heterocycles. The van der Waals surface area contributed by atoms with E-state index in [0.717, 1.165) is 3.79 Å². The zero-order valence-corrected chi connectivity index (χ0v) is 15.7. The van der Waals surface area contributed by atoms with Crippen LogP contribution < -0.4 is 4.72 Å². The summed E-state index contributed by atoms with van der Waals surface area (Å²) in [5.41, 5.74) is -0.268. The van der Waals surface area contributed by atoms with Crippen LogP contribution in [-0.4, -0.2) is 26.2 Å². The van der Waals surface area contributed by atoms with Crippen LogP contribution in [0.25, 0.3) is 0 Å². The van der Waals surface area contributed by atoms with Crippen LogP contribution in [-0.2, 0) is 10.0 Å². The van der Waals surface area contributed by atoms with Gasteiger partial charge < -0.3 is 5.11 Å². The summed E-state index contributed by atoms with van der Waals surface area (Å²) in [6.07, 6.45) is 0.381. The summed E-state index contributed by atoms with van der Waals surface area (Å²) in [6, 6.07) is 1.24. The van der Waals surface area contributed by atoms with Gasteiger partial charge in [0.25, 0.3) is 0 Å². The van der Waals surface area contributed by atoms with Gasteiger partial charge >= 0.3 is 0 Å². The monoisotopic (exact) mass is 433 g/mol. The number of aliphatic hydroxyl groups excluding tert-OH is 1. The van der Waals surface area contributed by atoms with Crippen LogP contribution in [0.2, 0.25) is 0 Å². The molecule has 19 heavy (non-hydrogen) atoms. The second kappa shape index (κ2) is 6.53. The summed E-state index contributed by atoms with van der Waals surface area (Å²) in [7, 11) is -3.60. The number of sulfonamides is 1. The fraction of sp³-hybridized carbons (Fsp3) is 0.636. The Balaban J connectivity index is 3.04. The van der Waals surface area contributed by atoms with Gasteiger partial charge in [-0.15, -0.1) is 11.3 Å². The van der Waals surface area contributed by atoms with Crippen molar-refractivity contribution in [3.05, 3.63) is 13.6 Å². The lowest BCUT2D eigenvalue weighted by Crippen LogP contribution is -2.44. The van der Waals surface area contributed by atoms with Crippen molar-refractivity contribution in [1.82, 2.24) is 4.72 Å². The second-order valence-corrected chi connectivity index (χ2v) is 10.7. The SMILES string of the molecule is CC(C)(C)C(CCO)NS(=O)(=O)c1cc(Br)sc1Br. The molecule has 110 valence electrons. The number of thiophene rings is 1. The molecule has 1 aromatic rings. The number of hydrogen-bond donors (Lipinski definition) is 2. The van der Waals surface area contributed by atoms with Gasteiger partial charge in [0.2, 0.25) is 10.0 Å². The molecular formula is C11H17Br2NO3S2. The van der Waals surface area contributed by atoms with Crippen LogP contribution in [0.5, 0.6) is 0 Å². The predicted octanol–water partition coefficient (Wildman–Crippen LogP) is 3.35. The van der Waals surface area contributed by atoms with Gasteiger partial charge in [0.05, 0.1) is 7.57 Å². The lowest BCUT2D eigenvalue weighted by molar-refractivity contribution is 0.214. The highest BCUT2D eigenvalue weighted by Crippen LogP contribution is 2.35. The molecular weight excluding hydrogens is 418 g/mol. The molecule has 0 saturated carbocycles. The first-order valence-electron chi connectivity index (χ1n) is 5.66. The summed E-state index contributed by atoms with van der Waals surface area (Å²) < 4.78 is 28.7. The molecule has 1 atom stereocenters. The number of aliphatic hydroxyl groups is 1. The Morgan fingerprint density at radius 2 is 2.00 bits per heavy atom. The molecule has 0 amide bonds. The molecule has 0 aliphatic carbocycles. The van der Waals surface area contributed by atoms with Crippen LogP contribution in [0.3, 0.4) is 0 Å². The summed E-state index contributed by atoms with van der Waals surface area (Å²) in [4.78, 5) is 0.219. The van der Waals surface area contributed by atoms with Crippen LogP contribution in [0.15, 0.2) is 18.5 Å². The lowest BCUT2D eigenvalue weighted by Gasteiger charge is -2.30. The van der Waals surface area contributed by atoms with Gasteiger partial charge in [-0.2, -0.15) is 0 Å². The molecule has 1 heterocycles. The minimum absolute atomic E-state index is 0.0566. The number of halogens is 2. The topological polar surface area (TPSA) is 66.4 Å². The van der Waals surface area contributed by atoms with Crippen molar-refractivity contribution < 1.29 is 13.5 Å². The van der Waals surface area contributed by atoms with Gasteiger partial charge in [0.15, 0.2) is 0 Å². The van der Waals surface area contributed by atoms with Crippen LogP contribution >= 0.6 is 43.2 Å². The van der Waals surface area contributed by atoms with E-state index in [4.69, 9.17) is 5.11 Å². The smallest absolute Gasteiger partial charge is 0.242 e. The van der Waals surface area contributed by atoms with E-state index in [9.17, 15) is 8.42 Å². The molecule has 4 nitrogen and oxygen atoms in total. The minimum atomic E-state index is -3.60. The molecule has 1 rings (SSSR count). The molecule has 1 unspecified atom stereocenters. The van der Waals surface area contributed by atoms with Crippen LogP contribution in [0.1, 0.15) is 27.2 Å². The Morgan fingerprint density at radius 3 is 2.37 bits per heavy atom. The van der Waals surface area contributed by atoms with E-state index in [-0.39, 0.29) is 23.0 Å². The van der Waals surface area contributed by atoms with E-state index in [0.29, 0.717) is 10.2 Å². The highest BCUT2D eigenvalue weighted by atomic mass is 79.9. The van der Waals surface area contributed by atoms with Gasteiger partial charge in [-0.3, -0.25) is 0 Å². The molecule has 0 radical (unpaired) electrons. The Bertz CT molecular complexity index is 535. The first kappa shape index (κ1) is 17.6. The van der Waals surface area contributed by atoms with Crippen molar-refractivity contribution in [2.75, 3.05) is 6.61 Å². The van der Waals surface area contributed by atoms with Gasteiger partial charge in [-0.25, -0.2) is 13.1 Å². The van der Waals surface area contributed by atoms with Crippen molar-refractivity contribution in [2.24, 2.45) is 5.41 Å². The molecule has 0 saturated heterocycles. The Morgan fingerprint density at radius 1 is 1.42 bits per heavy atom. The summed E-state index contributed by atoms with van der Waals surface area (Å²) in [5, 5.41) is 9.08. The van der Waals surface area contributed by atoms with Crippen molar-refractivity contribution in [3.63, 3.8) is 0 Å². The first-order valence-corrected chi connectivity index (χ1v) is 9.54. The van der Waals surface area contributed by atoms with Crippen molar-refractivity contribution in [1.29, 1.82) is 0 Å². The average Bonchev–Trinajstić information content (AvgIpc) is 2.56. The van der Waals surface area contributed by atoms with E-state index in [1.807, 2.05) is 20.8 Å². The fourth-order valence-corrected chi connectivity index (χ4v) is 6.85. The third-order valence-electron chi connectivity index (χ3n) is 2.68. The highest BCUT2D eigenvalue weighted by Gasteiger charge is 2.30. The molecule has 8 heteroatoms. The number of rotatable bonds is 5. The van der Waals surface area contributed by atoms with Crippen LogP contribution in [0.4, 0.5) is 0 Å². The van der Waals surface area contributed by atoms with E-state index >= 15 is 0 Å². The maximum Gasteiger partial charge on any atom is 0.242 e. The predicted molar refractivity (Wildman–Crippen MR) is 85.0 cm³/mol. The Kier molecular flexibility index (Phi) is 6.04. The molecule has 2 N–H and O–H groups in total.